The first-order valence-corrected chi connectivity index (χ1v) is 7.66. The van der Waals surface area contributed by atoms with Gasteiger partial charge in [0.2, 0.25) is 5.91 Å². The number of nitrogens with one attached hydrogen (secondary N) is 1. The predicted molar refractivity (Wildman–Crippen MR) is 76.4 cm³/mol. The van der Waals surface area contributed by atoms with Gasteiger partial charge < -0.3 is 14.8 Å². The lowest BCUT2D eigenvalue weighted by Crippen LogP contribution is -2.44. The SMILES string of the molecule is O=C(NC[C@](O)(c1ccco1)c1cccs1)C1CCC1. The first-order valence-electron chi connectivity index (χ1n) is 6.78. The van der Waals surface area contributed by atoms with Crippen molar-refractivity contribution in [3.8, 4) is 0 Å². The van der Waals surface area contributed by atoms with Crippen molar-refractivity contribution >= 4 is 17.2 Å². The predicted octanol–water partition coefficient (Wildman–Crippen LogP) is 2.49. The van der Waals surface area contributed by atoms with Gasteiger partial charge in [0.05, 0.1) is 12.8 Å². The van der Waals surface area contributed by atoms with Crippen molar-refractivity contribution in [1.29, 1.82) is 0 Å². The van der Waals surface area contributed by atoms with Crippen LogP contribution in [0.25, 0.3) is 0 Å². The van der Waals surface area contributed by atoms with Crippen molar-refractivity contribution in [3.05, 3.63) is 46.5 Å². The number of thiophene rings is 1. The van der Waals surface area contributed by atoms with Crippen molar-refractivity contribution in [3.63, 3.8) is 0 Å². The highest BCUT2D eigenvalue weighted by molar-refractivity contribution is 7.10. The van der Waals surface area contributed by atoms with Crippen molar-refractivity contribution in [1.82, 2.24) is 5.32 Å². The second kappa shape index (κ2) is 5.42. The molecule has 106 valence electrons. The third-order valence-corrected chi connectivity index (χ3v) is 4.87. The zero-order valence-electron chi connectivity index (χ0n) is 11.0. The molecule has 1 amide bonds. The largest absolute Gasteiger partial charge is 0.466 e. The Morgan fingerprint density at radius 3 is 2.85 bits per heavy atom. The Morgan fingerprint density at radius 1 is 1.45 bits per heavy atom. The minimum atomic E-state index is -1.29. The number of rotatable bonds is 5. The van der Waals surface area contributed by atoms with E-state index in [9.17, 15) is 9.90 Å². The first-order chi connectivity index (χ1) is 9.70. The third-order valence-electron chi connectivity index (χ3n) is 3.85. The molecule has 4 nitrogen and oxygen atoms in total. The molecule has 1 aliphatic carbocycles. The molecule has 0 aliphatic heterocycles. The molecule has 1 atom stereocenters. The Bertz CT molecular complexity index is 524. The normalized spacial score (nSPS) is 18.2. The van der Waals surface area contributed by atoms with Gasteiger partial charge in [-0.25, -0.2) is 0 Å². The Balaban J connectivity index is 1.78. The van der Waals surface area contributed by atoms with Gasteiger partial charge >= 0.3 is 0 Å². The van der Waals surface area contributed by atoms with E-state index in [1.54, 1.807) is 12.1 Å². The van der Waals surface area contributed by atoms with E-state index in [4.69, 9.17) is 4.42 Å². The Morgan fingerprint density at radius 2 is 2.30 bits per heavy atom. The third kappa shape index (κ3) is 2.39. The number of hydrogen-bond acceptors (Lipinski definition) is 4. The van der Waals surface area contributed by atoms with E-state index in [1.807, 2.05) is 17.5 Å². The fourth-order valence-electron chi connectivity index (χ4n) is 2.35. The van der Waals surface area contributed by atoms with Crippen LogP contribution in [0.3, 0.4) is 0 Å². The van der Waals surface area contributed by atoms with E-state index < -0.39 is 5.60 Å². The summed E-state index contributed by atoms with van der Waals surface area (Å²) in [5, 5.41) is 15.7. The van der Waals surface area contributed by atoms with E-state index in [0.717, 1.165) is 24.1 Å². The maximum Gasteiger partial charge on any atom is 0.223 e. The van der Waals surface area contributed by atoms with Crippen molar-refractivity contribution in [2.24, 2.45) is 5.92 Å². The van der Waals surface area contributed by atoms with E-state index in [0.29, 0.717) is 5.76 Å². The van der Waals surface area contributed by atoms with Gasteiger partial charge in [0.25, 0.3) is 0 Å². The molecule has 0 unspecified atom stereocenters. The zero-order valence-corrected chi connectivity index (χ0v) is 11.9. The van der Waals surface area contributed by atoms with Crippen molar-refractivity contribution < 1.29 is 14.3 Å². The molecule has 0 spiro atoms. The molecule has 0 aromatic carbocycles. The lowest BCUT2D eigenvalue weighted by Gasteiger charge is -2.29. The van der Waals surface area contributed by atoms with E-state index >= 15 is 0 Å². The van der Waals surface area contributed by atoms with Crippen LogP contribution < -0.4 is 5.32 Å². The molecule has 2 aromatic rings. The fourth-order valence-corrected chi connectivity index (χ4v) is 3.18. The Hall–Kier alpha value is -1.59. The molecule has 3 rings (SSSR count). The van der Waals surface area contributed by atoms with Crippen molar-refractivity contribution in [2.45, 2.75) is 24.9 Å². The molecular weight excluding hydrogens is 274 g/mol. The molecule has 0 bridgehead atoms. The number of carbonyl (C=O) groups excluding carboxylic acids is 1. The summed E-state index contributed by atoms with van der Waals surface area (Å²) in [6, 6.07) is 7.20. The monoisotopic (exact) mass is 291 g/mol. The summed E-state index contributed by atoms with van der Waals surface area (Å²) in [4.78, 5) is 12.7. The maximum absolute atomic E-state index is 12.0. The molecule has 1 aliphatic rings. The summed E-state index contributed by atoms with van der Waals surface area (Å²) in [5.41, 5.74) is -1.29. The molecule has 0 saturated heterocycles. The topological polar surface area (TPSA) is 62.5 Å². The number of aliphatic hydroxyl groups is 1. The molecule has 2 heterocycles. The summed E-state index contributed by atoms with van der Waals surface area (Å²) in [6.45, 7) is 0.135. The molecule has 1 saturated carbocycles. The molecular formula is C15H17NO3S. The van der Waals surface area contributed by atoms with Crippen LogP contribution in [0.4, 0.5) is 0 Å². The highest BCUT2D eigenvalue weighted by Gasteiger charge is 2.37. The minimum Gasteiger partial charge on any atom is -0.466 e. The first kappa shape index (κ1) is 13.4. The van der Waals surface area contributed by atoms with Gasteiger partial charge in [-0.3, -0.25) is 4.79 Å². The molecule has 2 N–H and O–H groups in total. The van der Waals surface area contributed by atoms with Gasteiger partial charge in [-0.2, -0.15) is 0 Å². The van der Waals surface area contributed by atoms with Crippen molar-refractivity contribution in [2.75, 3.05) is 6.54 Å². The molecule has 1 fully saturated rings. The highest BCUT2D eigenvalue weighted by Crippen LogP contribution is 2.33. The van der Waals surface area contributed by atoms with Gasteiger partial charge in [-0.15, -0.1) is 11.3 Å². The minimum absolute atomic E-state index is 0.0257. The van der Waals surface area contributed by atoms with Crippen LogP contribution in [-0.2, 0) is 10.4 Å². The number of amides is 1. The molecule has 5 heteroatoms. The molecule has 2 aromatic heterocycles. The quantitative estimate of drug-likeness (QED) is 0.889. The van der Waals surface area contributed by atoms with Gasteiger partial charge in [0, 0.05) is 10.8 Å². The van der Waals surface area contributed by atoms with Crippen LogP contribution in [0, 0.1) is 5.92 Å². The van der Waals surface area contributed by atoms with E-state index in [2.05, 4.69) is 5.32 Å². The number of furan rings is 1. The number of hydrogen-bond donors (Lipinski definition) is 2. The fraction of sp³-hybridized carbons (Fsp3) is 0.400. The summed E-state index contributed by atoms with van der Waals surface area (Å²) < 4.78 is 5.36. The van der Waals surface area contributed by atoms with Gasteiger partial charge in [-0.05, 0) is 36.4 Å². The van der Waals surface area contributed by atoms with E-state index in [1.165, 1.54) is 17.6 Å². The number of carbonyl (C=O) groups is 1. The van der Waals surface area contributed by atoms with E-state index in [-0.39, 0.29) is 18.4 Å². The van der Waals surface area contributed by atoms with Crippen LogP contribution in [0.5, 0.6) is 0 Å². The van der Waals surface area contributed by atoms with Crippen LogP contribution >= 0.6 is 11.3 Å². The average molecular weight is 291 g/mol. The second-order valence-electron chi connectivity index (χ2n) is 5.16. The lowest BCUT2D eigenvalue weighted by molar-refractivity contribution is -0.128. The maximum atomic E-state index is 12.0. The summed E-state index contributed by atoms with van der Waals surface area (Å²) >= 11 is 1.45. The van der Waals surface area contributed by atoms with Gasteiger partial charge in [-0.1, -0.05) is 12.5 Å². The summed E-state index contributed by atoms with van der Waals surface area (Å²) in [5.74, 6) is 0.589. The smallest absolute Gasteiger partial charge is 0.223 e. The van der Waals surface area contributed by atoms with Crippen LogP contribution in [0.15, 0.2) is 40.3 Å². The van der Waals surface area contributed by atoms with Gasteiger partial charge in [0.15, 0.2) is 5.60 Å². The Kier molecular flexibility index (Phi) is 3.63. The van der Waals surface area contributed by atoms with Gasteiger partial charge in [0.1, 0.15) is 5.76 Å². The van der Waals surface area contributed by atoms with Crippen LogP contribution in [0.2, 0.25) is 0 Å². The zero-order chi connectivity index (χ0) is 14.0. The van der Waals surface area contributed by atoms with Crippen LogP contribution in [0.1, 0.15) is 29.9 Å². The highest BCUT2D eigenvalue weighted by atomic mass is 32.1. The Labute approximate surface area is 121 Å². The standard InChI is InChI=1S/C15H17NO3S/c17-14(11-4-1-5-11)16-10-15(18,12-6-2-8-19-12)13-7-3-9-20-13/h2-3,6-9,11,18H,1,4-5,10H2,(H,16,17)/t15-/m0/s1. The molecule has 20 heavy (non-hydrogen) atoms. The van der Waals surface area contributed by atoms with Crippen LogP contribution in [-0.4, -0.2) is 17.6 Å². The lowest BCUT2D eigenvalue weighted by atomic mass is 9.84. The molecule has 0 radical (unpaired) electrons. The summed E-state index contributed by atoms with van der Waals surface area (Å²) in [6.07, 6.45) is 4.54. The summed E-state index contributed by atoms with van der Waals surface area (Å²) in [7, 11) is 0. The average Bonchev–Trinajstić information content (AvgIpc) is 3.05. The second-order valence-corrected chi connectivity index (χ2v) is 6.11.